The third kappa shape index (κ3) is 0.781. The van der Waals surface area contributed by atoms with E-state index in [9.17, 15) is 4.79 Å². The fourth-order valence-corrected chi connectivity index (χ4v) is 5.88. The van der Waals surface area contributed by atoms with Crippen molar-refractivity contribution in [1.82, 2.24) is 0 Å². The standard InChI is InChI=1S/C15H20O/c1-8-11-6-12(15(8,2)7-16)14-10-4-3-9(5-10)13(11)14/h3-4,7-14H,5-6H2,1-2H3. The van der Waals surface area contributed by atoms with Crippen LogP contribution in [-0.2, 0) is 4.79 Å². The van der Waals surface area contributed by atoms with Crippen molar-refractivity contribution in [3.63, 3.8) is 0 Å². The molecule has 0 aromatic rings. The molecular weight excluding hydrogens is 196 g/mol. The molecule has 0 saturated heterocycles. The van der Waals surface area contributed by atoms with Gasteiger partial charge in [0.1, 0.15) is 6.29 Å². The Balaban J connectivity index is 1.80. The van der Waals surface area contributed by atoms with Gasteiger partial charge in [0.05, 0.1) is 0 Å². The molecule has 0 spiro atoms. The van der Waals surface area contributed by atoms with E-state index in [0.29, 0.717) is 11.8 Å². The van der Waals surface area contributed by atoms with Crippen LogP contribution in [0.25, 0.3) is 0 Å². The summed E-state index contributed by atoms with van der Waals surface area (Å²) in [5, 5.41) is 0. The Morgan fingerprint density at radius 2 is 1.88 bits per heavy atom. The lowest BCUT2D eigenvalue weighted by Crippen LogP contribution is -2.43. The first-order chi connectivity index (χ1) is 7.66. The molecular formula is C15H20O. The van der Waals surface area contributed by atoms with Crippen LogP contribution in [0.1, 0.15) is 26.7 Å². The molecule has 0 aromatic heterocycles. The van der Waals surface area contributed by atoms with Crippen molar-refractivity contribution in [2.45, 2.75) is 26.7 Å². The molecule has 4 rings (SSSR count). The molecule has 4 aliphatic carbocycles. The maximum Gasteiger partial charge on any atom is 0.126 e. The molecule has 1 heteroatoms. The van der Waals surface area contributed by atoms with E-state index < -0.39 is 0 Å². The second-order valence-corrected chi connectivity index (χ2v) is 6.88. The van der Waals surface area contributed by atoms with Gasteiger partial charge in [0.25, 0.3) is 0 Å². The Bertz CT molecular complexity index is 385. The summed E-state index contributed by atoms with van der Waals surface area (Å²) in [4.78, 5) is 11.5. The first-order valence-corrected chi connectivity index (χ1v) is 6.81. The van der Waals surface area contributed by atoms with E-state index in [0.717, 1.165) is 29.6 Å². The zero-order chi connectivity index (χ0) is 11.1. The first-order valence-electron chi connectivity index (χ1n) is 6.81. The predicted molar refractivity (Wildman–Crippen MR) is 62.6 cm³/mol. The second kappa shape index (κ2) is 2.63. The maximum absolute atomic E-state index is 11.5. The Morgan fingerprint density at radius 1 is 1.19 bits per heavy atom. The molecule has 0 radical (unpaired) electrons. The van der Waals surface area contributed by atoms with Gasteiger partial charge in [0.15, 0.2) is 0 Å². The van der Waals surface area contributed by atoms with E-state index in [4.69, 9.17) is 0 Å². The van der Waals surface area contributed by atoms with Gasteiger partial charge < -0.3 is 4.79 Å². The summed E-state index contributed by atoms with van der Waals surface area (Å²) in [6.07, 6.45) is 8.93. The number of fused-ring (bicyclic) bond motifs is 9. The number of carbonyl (C=O) groups excluding carboxylic acids is 1. The molecule has 4 aliphatic rings. The second-order valence-electron chi connectivity index (χ2n) is 6.88. The van der Waals surface area contributed by atoms with Gasteiger partial charge in [-0.1, -0.05) is 26.0 Å². The lowest BCUT2D eigenvalue weighted by atomic mass is 9.59. The monoisotopic (exact) mass is 216 g/mol. The Labute approximate surface area is 97.3 Å². The smallest absolute Gasteiger partial charge is 0.126 e. The van der Waals surface area contributed by atoms with Crippen molar-refractivity contribution in [3.05, 3.63) is 12.2 Å². The van der Waals surface area contributed by atoms with E-state index in [1.807, 2.05) is 0 Å². The summed E-state index contributed by atoms with van der Waals surface area (Å²) in [5.41, 5.74) is -0.00977. The molecule has 0 amide bonds. The van der Waals surface area contributed by atoms with Gasteiger partial charge in [-0.15, -0.1) is 0 Å². The Morgan fingerprint density at radius 3 is 2.56 bits per heavy atom. The van der Waals surface area contributed by atoms with Crippen LogP contribution in [0.15, 0.2) is 12.2 Å². The van der Waals surface area contributed by atoms with Gasteiger partial charge in [-0.3, -0.25) is 0 Å². The predicted octanol–water partition coefficient (Wildman–Crippen LogP) is 2.92. The van der Waals surface area contributed by atoms with Crippen LogP contribution in [0.2, 0.25) is 0 Å². The quantitative estimate of drug-likeness (QED) is 0.374. The van der Waals surface area contributed by atoms with Gasteiger partial charge >= 0.3 is 0 Å². The van der Waals surface area contributed by atoms with Crippen LogP contribution in [0, 0.1) is 46.8 Å². The minimum absolute atomic E-state index is 0.00977. The minimum atomic E-state index is -0.00977. The molecule has 3 saturated carbocycles. The van der Waals surface area contributed by atoms with Gasteiger partial charge in [-0.2, -0.15) is 0 Å². The zero-order valence-electron chi connectivity index (χ0n) is 10.1. The molecule has 0 aromatic carbocycles. The Hall–Kier alpha value is -0.590. The zero-order valence-corrected chi connectivity index (χ0v) is 10.1. The van der Waals surface area contributed by atoms with Crippen LogP contribution in [0.5, 0.6) is 0 Å². The molecule has 0 aliphatic heterocycles. The molecule has 86 valence electrons. The number of aldehydes is 1. The van der Waals surface area contributed by atoms with Crippen LogP contribution >= 0.6 is 0 Å². The topological polar surface area (TPSA) is 17.1 Å². The van der Waals surface area contributed by atoms with Gasteiger partial charge in [0.2, 0.25) is 0 Å². The summed E-state index contributed by atoms with van der Waals surface area (Å²) in [6, 6.07) is 0. The lowest BCUT2D eigenvalue weighted by Gasteiger charge is -2.44. The van der Waals surface area contributed by atoms with Crippen molar-refractivity contribution >= 4 is 6.29 Å². The Kier molecular flexibility index (Phi) is 1.55. The highest BCUT2D eigenvalue weighted by Crippen LogP contribution is 2.71. The number of rotatable bonds is 1. The summed E-state index contributed by atoms with van der Waals surface area (Å²) in [6.45, 7) is 4.55. The number of hydrogen-bond acceptors (Lipinski definition) is 1. The maximum atomic E-state index is 11.5. The van der Waals surface area contributed by atoms with Crippen LogP contribution in [-0.4, -0.2) is 6.29 Å². The number of allylic oxidation sites excluding steroid dienone is 2. The summed E-state index contributed by atoms with van der Waals surface area (Å²) < 4.78 is 0. The molecule has 4 bridgehead atoms. The third-order valence-corrected chi connectivity index (χ3v) is 6.74. The van der Waals surface area contributed by atoms with Crippen molar-refractivity contribution in [1.29, 1.82) is 0 Å². The average Bonchev–Trinajstić information content (AvgIpc) is 2.99. The lowest BCUT2D eigenvalue weighted by molar-refractivity contribution is -0.123. The highest BCUT2D eigenvalue weighted by atomic mass is 16.1. The summed E-state index contributed by atoms with van der Waals surface area (Å²) in [5.74, 6) is 5.61. The van der Waals surface area contributed by atoms with Crippen molar-refractivity contribution in [2.75, 3.05) is 0 Å². The van der Waals surface area contributed by atoms with Gasteiger partial charge in [-0.25, -0.2) is 0 Å². The van der Waals surface area contributed by atoms with Crippen LogP contribution in [0.3, 0.4) is 0 Å². The molecule has 8 unspecified atom stereocenters. The number of hydrogen-bond donors (Lipinski definition) is 0. The summed E-state index contributed by atoms with van der Waals surface area (Å²) in [7, 11) is 0. The largest absolute Gasteiger partial charge is 0.303 e. The minimum Gasteiger partial charge on any atom is -0.303 e. The molecule has 1 nitrogen and oxygen atoms in total. The van der Waals surface area contributed by atoms with E-state index in [1.54, 1.807) is 0 Å². The van der Waals surface area contributed by atoms with Crippen LogP contribution < -0.4 is 0 Å². The highest BCUT2D eigenvalue weighted by molar-refractivity contribution is 5.62. The fraction of sp³-hybridized carbons (Fsp3) is 0.800. The fourth-order valence-electron chi connectivity index (χ4n) is 5.88. The normalized spacial score (nSPS) is 65.2. The van der Waals surface area contributed by atoms with Crippen LogP contribution in [0.4, 0.5) is 0 Å². The number of carbonyl (C=O) groups is 1. The third-order valence-electron chi connectivity index (χ3n) is 6.74. The summed E-state index contributed by atoms with van der Waals surface area (Å²) >= 11 is 0. The molecule has 0 heterocycles. The first kappa shape index (κ1) is 9.44. The molecule has 0 N–H and O–H groups in total. The van der Waals surface area contributed by atoms with E-state index in [-0.39, 0.29) is 5.41 Å². The van der Waals surface area contributed by atoms with Crippen molar-refractivity contribution in [2.24, 2.45) is 46.8 Å². The van der Waals surface area contributed by atoms with Gasteiger partial charge in [0, 0.05) is 5.41 Å². The molecule has 16 heavy (non-hydrogen) atoms. The highest BCUT2D eigenvalue weighted by Gasteiger charge is 2.67. The van der Waals surface area contributed by atoms with E-state index >= 15 is 0 Å². The van der Waals surface area contributed by atoms with Crippen molar-refractivity contribution in [3.8, 4) is 0 Å². The SMILES string of the molecule is CC1C2CC(C3C4C=CC(C4)C23)C1(C)C=O. The average molecular weight is 216 g/mol. The van der Waals surface area contributed by atoms with E-state index in [2.05, 4.69) is 26.0 Å². The van der Waals surface area contributed by atoms with Crippen molar-refractivity contribution < 1.29 is 4.79 Å². The van der Waals surface area contributed by atoms with E-state index in [1.165, 1.54) is 19.1 Å². The van der Waals surface area contributed by atoms with Gasteiger partial charge in [-0.05, 0) is 54.3 Å². The molecule has 3 fully saturated rings. The molecule has 8 atom stereocenters.